The van der Waals surface area contributed by atoms with Gasteiger partial charge in [0.15, 0.2) is 0 Å². The second kappa shape index (κ2) is 7.11. The van der Waals surface area contributed by atoms with Gasteiger partial charge >= 0.3 is 0 Å². The van der Waals surface area contributed by atoms with Crippen LogP contribution >= 0.6 is 28.1 Å². The molecule has 0 bridgehead atoms. The van der Waals surface area contributed by atoms with Crippen LogP contribution in [0, 0.1) is 5.82 Å². The quantitative estimate of drug-likeness (QED) is 0.814. The van der Waals surface area contributed by atoms with Crippen molar-refractivity contribution in [2.24, 2.45) is 5.73 Å². The Kier molecular flexibility index (Phi) is 5.45. The highest BCUT2D eigenvalue weighted by Gasteiger charge is 2.09. The summed E-state index contributed by atoms with van der Waals surface area (Å²) < 4.78 is 14.9. The van der Waals surface area contributed by atoms with Gasteiger partial charge < -0.3 is 5.73 Å². The van der Waals surface area contributed by atoms with E-state index in [9.17, 15) is 4.39 Å². The Labute approximate surface area is 137 Å². The molecule has 0 unspecified atom stereocenters. The monoisotopic (exact) mass is 366 g/mol. The SMILES string of the molecule is CN(Cc1ccc(Br)cc1)Cc1cc(C(N)=S)ccc1F. The molecule has 0 amide bonds. The highest BCUT2D eigenvalue weighted by atomic mass is 79.9. The van der Waals surface area contributed by atoms with E-state index in [1.54, 1.807) is 12.1 Å². The number of hydrogen-bond acceptors (Lipinski definition) is 2. The van der Waals surface area contributed by atoms with Crippen LogP contribution in [0.3, 0.4) is 0 Å². The fraction of sp³-hybridized carbons (Fsp3) is 0.188. The molecule has 0 fully saturated rings. The lowest BCUT2D eigenvalue weighted by molar-refractivity contribution is 0.313. The van der Waals surface area contributed by atoms with Gasteiger partial charge in [0.2, 0.25) is 0 Å². The maximum atomic E-state index is 13.9. The van der Waals surface area contributed by atoms with Gasteiger partial charge in [-0.15, -0.1) is 0 Å². The molecule has 0 radical (unpaired) electrons. The molecule has 2 aromatic carbocycles. The molecule has 0 aliphatic heterocycles. The molecule has 0 aliphatic rings. The van der Waals surface area contributed by atoms with Crippen molar-refractivity contribution in [1.82, 2.24) is 4.90 Å². The predicted octanol–water partition coefficient (Wildman–Crippen LogP) is 3.85. The first kappa shape index (κ1) is 16.1. The molecule has 0 atom stereocenters. The Bertz CT molecular complexity index is 643. The molecule has 5 heteroatoms. The lowest BCUT2D eigenvalue weighted by Crippen LogP contribution is -2.19. The zero-order chi connectivity index (χ0) is 15.4. The molecular weight excluding hydrogens is 351 g/mol. The van der Waals surface area contributed by atoms with Crippen molar-refractivity contribution < 1.29 is 4.39 Å². The van der Waals surface area contributed by atoms with Crippen LogP contribution in [0.1, 0.15) is 16.7 Å². The number of halogens is 2. The third-order valence-electron chi connectivity index (χ3n) is 3.14. The maximum absolute atomic E-state index is 13.9. The second-order valence-electron chi connectivity index (χ2n) is 4.97. The van der Waals surface area contributed by atoms with E-state index >= 15 is 0 Å². The molecular formula is C16H16BrFN2S. The van der Waals surface area contributed by atoms with Gasteiger partial charge in [0.05, 0.1) is 0 Å². The van der Waals surface area contributed by atoms with E-state index in [4.69, 9.17) is 18.0 Å². The zero-order valence-corrected chi connectivity index (χ0v) is 14.0. The van der Waals surface area contributed by atoms with Crippen molar-refractivity contribution in [3.63, 3.8) is 0 Å². The van der Waals surface area contributed by atoms with E-state index in [0.29, 0.717) is 17.7 Å². The van der Waals surface area contributed by atoms with Gasteiger partial charge in [-0.25, -0.2) is 4.39 Å². The normalized spacial score (nSPS) is 10.9. The summed E-state index contributed by atoms with van der Waals surface area (Å²) in [5.41, 5.74) is 8.06. The van der Waals surface area contributed by atoms with Crippen LogP contribution in [0.25, 0.3) is 0 Å². The summed E-state index contributed by atoms with van der Waals surface area (Å²) in [6.45, 7) is 1.24. The van der Waals surface area contributed by atoms with Crippen LogP contribution in [-0.2, 0) is 13.1 Å². The number of benzene rings is 2. The topological polar surface area (TPSA) is 29.3 Å². The average Bonchev–Trinajstić information content (AvgIpc) is 2.43. The Morgan fingerprint density at radius 3 is 2.48 bits per heavy atom. The number of rotatable bonds is 5. The van der Waals surface area contributed by atoms with Gasteiger partial charge in [0.1, 0.15) is 10.8 Å². The van der Waals surface area contributed by atoms with Crippen LogP contribution in [-0.4, -0.2) is 16.9 Å². The van der Waals surface area contributed by atoms with Crippen molar-refractivity contribution in [2.45, 2.75) is 13.1 Å². The molecule has 0 saturated heterocycles. The largest absolute Gasteiger partial charge is 0.389 e. The fourth-order valence-electron chi connectivity index (χ4n) is 2.10. The van der Waals surface area contributed by atoms with Crippen molar-refractivity contribution in [1.29, 1.82) is 0 Å². The van der Waals surface area contributed by atoms with Gasteiger partial charge in [0, 0.05) is 28.7 Å². The van der Waals surface area contributed by atoms with E-state index in [2.05, 4.69) is 15.9 Å². The number of thiocarbonyl (C=S) groups is 1. The van der Waals surface area contributed by atoms with Gasteiger partial charge in [-0.05, 0) is 42.9 Å². The van der Waals surface area contributed by atoms with E-state index < -0.39 is 0 Å². The lowest BCUT2D eigenvalue weighted by Gasteiger charge is -2.18. The van der Waals surface area contributed by atoms with Crippen molar-refractivity contribution in [2.75, 3.05) is 7.05 Å². The standard InChI is InChI=1S/C16H16BrFN2S/c1-20(9-11-2-5-14(17)6-3-11)10-13-8-12(16(19)21)4-7-15(13)18/h2-8H,9-10H2,1H3,(H2,19,21). The summed E-state index contributed by atoms with van der Waals surface area (Å²) in [6, 6.07) is 12.8. The first-order chi connectivity index (χ1) is 9.95. The van der Waals surface area contributed by atoms with Crippen LogP contribution in [0.4, 0.5) is 4.39 Å². The molecule has 0 saturated carbocycles. The number of nitrogens with zero attached hydrogens (tertiary/aromatic N) is 1. The summed E-state index contributed by atoms with van der Waals surface area (Å²) >= 11 is 8.34. The molecule has 21 heavy (non-hydrogen) atoms. The average molecular weight is 367 g/mol. The predicted molar refractivity (Wildman–Crippen MR) is 91.6 cm³/mol. The van der Waals surface area contributed by atoms with E-state index in [-0.39, 0.29) is 10.8 Å². The van der Waals surface area contributed by atoms with E-state index in [0.717, 1.165) is 11.0 Å². The molecule has 110 valence electrons. The van der Waals surface area contributed by atoms with E-state index in [1.165, 1.54) is 11.6 Å². The van der Waals surface area contributed by atoms with Crippen molar-refractivity contribution in [3.8, 4) is 0 Å². The molecule has 0 heterocycles. The Morgan fingerprint density at radius 1 is 1.19 bits per heavy atom. The molecule has 2 N–H and O–H groups in total. The van der Waals surface area contributed by atoms with Crippen LogP contribution in [0.15, 0.2) is 46.9 Å². The summed E-state index contributed by atoms with van der Waals surface area (Å²) in [5.74, 6) is -0.238. The van der Waals surface area contributed by atoms with Gasteiger partial charge in [-0.1, -0.05) is 40.3 Å². The van der Waals surface area contributed by atoms with Crippen LogP contribution in [0.2, 0.25) is 0 Å². The highest BCUT2D eigenvalue weighted by Crippen LogP contribution is 2.16. The second-order valence-corrected chi connectivity index (χ2v) is 6.32. The van der Waals surface area contributed by atoms with Crippen LogP contribution in [0.5, 0.6) is 0 Å². The zero-order valence-electron chi connectivity index (χ0n) is 11.6. The van der Waals surface area contributed by atoms with Crippen molar-refractivity contribution >= 4 is 33.1 Å². The highest BCUT2D eigenvalue weighted by molar-refractivity contribution is 9.10. The number of nitrogens with two attached hydrogens (primary N) is 1. The molecule has 2 rings (SSSR count). The van der Waals surface area contributed by atoms with Crippen LogP contribution < -0.4 is 5.73 Å². The summed E-state index contributed by atoms with van der Waals surface area (Å²) in [5, 5.41) is 0. The first-order valence-corrected chi connectivity index (χ1v) is 7.67. The molecule has 2 nitrogen and oxygen atoms in total. The molecule has 0 aliphatic carbocycles. The van der Waals surface area contributed by atoms with Crippen molar-refractivity contribution in [3.05, 3.63) is 69.4 Å². The Balaban J connectivity index is 2.08. The van der Waals surface area contributed by atoms with Gasteiger partial charge in [-0.2, -0.15) is 0 Å². The maximum Gasteiger partial charge on any atom is 0.127 e. The first-order valence-electron chi connectivity index (χ1n) is 6.47. The Morgan fingerprint density at radius 2 is 1.86 bits per heavy atom. The van der Waals surface area contributed by atoms with Gasteiger partial charge in [-0.3, -0.25) is 4.90 Å². The van der Waals surface area contributed by atoms with E-state index in [1.807, 2.05) is 36.2 Å². The third kappa shape index (κ3) is 4.59. The summed E-state index contributed by atoms with van der Waals surface area (Å²) in [4.78, 5) is 2.33. The summed E-state index contributed by atoms with van der Waals surface area (Å²) in [7, 11) is 1.95. The molecule has 0 spiro atoms. The number of hydrogen-bond donors (Lipinski definition) is 1. The molecule has 2 aromatic rings. The van der Waals surface area contributed by atoms with Gasteiger partial charge in [0.25, 0.3) is 0 Å². The summed E-state index contributed by atoms with van der Waals surface area (Å²) in [6.07, 6.45) is 0. The minimum absolute atomic E-state index is 0.238. The lowest BCUT2D eigenvalue weighted by atomic mass is 10.1. The fourth-order valence-corrected chi connectivity index (χ4v) is 2.49. The molecule has 0 aromatic heterocycles. The third-order valence-corrected chi connectivity index (χ3v) is 3.90. The Hall–Kier alpha value is -1.30. The smallest absolute Gasteiger partial charge is 0.127 e. The minimum Gasteiger partial charge on any atom is -0.389 e. The minimum atomic E-state index is -0.238.